The summed E-state index contributed by atoms with van der Waals surface area (Å²) in [5.41, 5.74) is 0.432. The van der Waals surface area contributed by atoms with Gasteiger partial charge in [0.05, 0.1) is 17.3 Å². The monoisotopic (exact) mass is 333 g/mol. The minimum Gasteiger partial charge on any atom is -0.377 e. The Balaban J connectivity index is 1.87. The third-order valence-electron chi connectivity index (χ3n) is 4.94. The first-order chi connectivity index (χ1) is 11.5. The highest BCUT2D eigenvalue weighted by atomic mass is 19.4. The first-order valence-corrected chi connectivity index (χ1v) is 7.84. The van der Waals surface area contributed by atoms with Crippen molar-refractivity contribution in [2.45, 2.75) is 24.6 Å². The SMILES string of the molecule is Fc1ccccc1[C@@H]1Nc2c(cccc2C(F)(F)F)[C@@H]2C=CC[C@@H]21. The molecule has 0 unspecified atom stereocenters. The maximum atomic E-state index is 14.3. The van der Waals surface area contributed by atoms with Gasteiger partial charge in [0.25, 0.3) is 0 Å². The van der Waals surface area contributed by atoms with E-state index in [1.54, 1.807) is 24.3 Å². The molecule has 0 saturated heterocycles. The second kappa shape index (κ2) is 5.36. The summed E-state index contributed by atoms with van der Waals surface area (Å²) >= 11 is 0. The molecule has 0 bridgehead atoms. The normalized spacial score (nSPS) is 25.1. The summed E-state index contributed by atoms with van der Waals surface area (Å²) in [6.07, 6.45) is 0.179. The van der Waals surface area contributed by atoms with Gasteiger partial charge in [-0.3, -0.25) is 0 Å². The van der Waals surface area contributed by atoms with Crippen LogP contribution in [0.5, 0.6) is 0 Å². The van der Waals surface area contributed by atoms with Gasteiger partial charge in [-0.25, -0.2) is 4.39 Å². The van der Waals surface area contributed by atoms with E-state index in [4.69, 9.17) is 0 Å². The summed E-state index contributed by atoms with van der Waals surface area (Å²) in [7, 11) is 0. The van der Waals surface area contributed by atoms with Crippen molar-refractivity contribution < 1.29 is 17.6 Å². The van der Waals surface area contributed by atoms with Crippen LogP contribution in [-0.4, -0.2) is 0 Å². The molecule has 2 aromatic carbocycles. The molecule has 1 aliphatic heterocycles. The van der Waals surface area contributed by atoms with Crippen molar-refractivity contribution in [2.75, 3.05) is 5.32 Å². The molecule has 3 atom stereocenters. The summed E-state index contributed by atoms with van der Waals surface area (Å²) in [4.78, 5) is 0. The second-order valence-electron chi connectivity index (χ2n) is 6.26. The first kappa shape index (κ1) is 15.2. The van der Waals surface area contributed by atoms with Crippen LogP contribution in [0.15, 0.2) is 54.6 Å². The van der Waals surface area contributed by atoms with E-state index in [1.165, 1.54) is 12.1 Å². The Morgan fingerprint density at radius 1 is 0.958 bits per heavy atom. The van der Waals surface area contributed by atoms with E-state index < -0.39 is 23.6 Å². The van der Waals surface area contributed by atoms with Gasteiger partial charge in [-0.2, -0.15) is 13.2 Å². The average molecular weight is 333 g/mol. The van der Waals surface area contributed by atoms with E-state index in [1.807, 2.05) is 12.2 Å². The highest BCUT2D eigenvalue weighted by Gasteiger charge is 2.43. The number of allylic oxidation sites excluding steroid dienone is 2. The summed E-state index contributed by atoms with van der Waals surface area (Å²) in [6, 6.07) is 10.0. The average Bonchev–Trinajstić information content (AvgIpc) is 3.03. The summed E-state index contributed by atoms with van der Waals surface area (Å²) in [6.45, 7) is 0. The first-order valence-electron chi connectivity index (χ1n) is 7.84. The van der Waals surface area contributed by atoms with Gasteiger partial charge < -0.3 is 5.32 Å². The van der Waals surface area contributed by atoms with E-state index in [0.29, 0.717) is 17.5 Å². The van der Waals surface area contributed by atoms with E-state index in [9.17, 15) is 17.6 Å². The molecule has 1 N–H and O–H groups in total. The zero-order chi connectivity index (χ0) is 16.9. The van der Waals surface area contributed by atoms with E-state index in [2.05, 4.69) is 5.32 Å². The number of halogens is 4. The molecule has 1 heterocycles. The molecular weight excluding hydrogens is 318 g/mol. The molecule has 2 aromatic rings. The number of fused-ring (bicyclic) bond motifs is 3. The number of para-hydroxylation sites is 1. The van der Waals surface area contributed by atoms with Crippen LogP contribution in [0.2, 0.25) is 0 Å². The number of nitrogens with one attached hydrogen (secondary N) is 1. The van der Waals surface area contributed by atoms with Gasteiger partial charge in [0.15, 0.2) is 0 Å². The maximum Gasteiger partial charge on any atom is 0.418 e. The van der Waals surface area contributed by atoms with E-state index >= 15 is 0 Å². The lowest BCUT2D eigenvalue weighted by atomic mass is 9.76. The molecular formula is C19H15F4N. The second-order valence-corrected chi connectivity index (χ2v) is 6.26. The molecule has 1 aliphatic carbocycles. The van der Waals surface area contributed by atoms with Crippen LogP contribution < -0.4 is 5.32 Å². The molecule has 4 rings (SSSR count). The molecule has 0 fully saturated rings. The highest BCUT2D eigenvalue weighted by Crippen LogP contribution is 2.52. The third kappa shape index (κ3) is 2.30. The van der Waals surface area contributed by atoms with Crippen LogP contribution in [-0.2, 0) is 6.18 Å². The van der Waals surface area contributed by atoms with Gasteiger partial charge in [-0.1, -0.05) is 42.5 Å². The summed E-state index contributed by atoms with van der Waals surface area (Å²) in [5.74, 6) is -0.514. The Morgan fingerprint density at radius 2 is 1.71 bits per heavy atom. The van der Waals surface area contributed by atoms with Gasteiger partial charge in [-0.15, -0.1) is 0 Å². The molecule has 2 aliphatic rings. The molecule has 0 aromatic heterocycles. The lowest BCUT2D eigenvalue weighted by Crippen LogP contribution is -2.31. The van der Waals surface area contributed by atoms with Crippen molar-refractivity contribution in [3.8, 4) is 0 Å². The quantitative estimate of drug-likeness (QED) is 0.524. The summed E-state index contributed by atoms with van der Waals surface area (Å²) < 4.78 is 54.4. The van der Waals surface area contributed by atoms with Crippen LogP contribution in [0, 0.1) is 11.7 Å². The van der Waals surface area contributed by atoms with Gasteiger partial charge in [0.2, 0.25) is 0 Å². The number of alkyl halides is 3. The predicted molar refractivity (Wildman–Crippen MR) is 84.2 cm³/mol. The van der Waals surface area contributed by atoms with Crippen LogP contribution in [0.3, 0.4) is 0 Å². The minimum absolute atomic E-state index is 0.0119. The van der Waals surface area contributed by atoms with Crippen molar-refractivity contribution in [3.63, 3.8) is 0 Å². The van der Waals surface area contributed by atoms with Crippen LogP contribution >= 0.6 is 0 Å². The van der Waals surface area contributed by atoms with Gasteiger partial charge in [0, 0.05) is 11.5 Å². The fourth-order valence-electron chi connectivity index (χ4n) is 3.89. The fourth-order valence-corrected chi connectivity index (χ4v) is 3.89. The Bertz CT molecular complexity index is 809. The number of rotatable bonds is 1. The number of hydrogen-bond donors (Lipinski definition) is 1. The topological polar surface area (TPSA) is 12.0 Å². The minimum atomic E-state index is -4.45. The highest BCUT2D eigenvalue weighted by molar-refractivity contribution is 5.65. The van der Waals surface area contributed by atoms with Crippen LogP contribution in [0.25, 0.3) is 0 Å². The van der Waals surface area contributed by atoms with Crippen molar-refractivity contribution in [3.05, 3.63) is 77.1 Å². The Morgan fingerprint density at radius 3 is 2.46 bits per heavy atom. The molecule has 0 spiro atoms. The van der Waals surface area contributed by atoms with Crippen molar-refractivity contribution in [1.82, 2.24) is 0 Å². The standard InChI is InChI=1S/C19H15F4N/c20-16-10-2-1-5-14(16)17-12-7-3-6-11(12)13-8-4-9-15(18(13)24-17)19(21,22)23/h1-6,8-12,17,24H,7H2/t11-,12+,17-/m1/s1. The Labute approximate surface area is 137 Å². The van der Waals surface area contributed by atoms with Crippen molar-refractivity contribution in [2.24, 2.45) is 5.92 Å². The van der Waals surface area contributed by atoms with Gasteiger partial charge in [-0.05, 0) is 30.0 Å². The molecule has 24 heavy (non-hydrogen) atoms. The number of hydrogen-bond acceptors (Lipinski definition) is 1. The van der Waals surface area contributed by atoms with Crippen LogP contribution in [0.4, 0.5) is 23.2 Å². The third-order valence-corrected chi connectivity index (χ3v) is 4.94. The van der Waals surface area contributed by atoms with Crippen molar-refractivity contribution in [1.29, 1.82) is 0 Å². The Kier molecular flexibility index (Phi) is 3.41. The lowest BCUT2D eigenvalue weighted by molar-refractivity contribution is -0.137. The predicted octanol–water partition coefficient (Wildman–Crippen LogP) is 5.67. The van der Waals surface area contributed by atoms with E-state index in [-0.39, 0.29) is 17.5 Å². The number of benzene rings is 2. The molecule has 0 radical (unpaired) electrons. The molecule has 0 amide bonds. The van der Waals surface area contributed by atoms with Gasteiger partial charge in [0.1, 0.15) is 5.82 Å². The summed E-state index contributed by atoms with van der Waals surface area (Å²) in [5, 5.41) is 3.00. The zero-order valence-corrected chi connectivity index (χ0v) is 12.6. The molecule has 0 saturated carbocycles. The molecule has 5 heteroatoms. The fraction of sp³-hybridized carbons (Fsp3) is 0.263. The van der Waals surface area contributed by atoms with Gasteiger partial charge >= 0.3 is 6.18 Å². The van der Waals surface area contributed by atoms with Crippen molar-refractivity contribution >= 4 is 5.69 Å². The Hall–Kier alpha value is -2.30. The lowest BCUT2D eigenvalue weighted by Gasteiger charge is -2.38. The molecule has 124 valence electrons. The van der Waals surface area contributed by atoms with Crippen LogP contribution in [0.1, 0.15) is 35.1 Å². The van der Waals surface area contributed by atoms with E-state index in [0.717, 1.165) is 6.07 Å². The smallest absolute Gasteiger partial charge is 0.377 e. The largest absolute Gasteiger partial charge is 0.418 e. The number of anilines is 1. The molecule has 1 nitrogen and oxygen atoms in total. The zero-order valence-electron chi connectivity index (χ0n) is 12.6. The maximum absolute atomic E-state index is 14.3.